The van der Waals surface area contributed by atoms with Crippen molar-refractivity contribution in [2.24, 2.45) is 5.73 Å². The van der Waals surface area contributed by atoms with Crippen molar-refractivity contribution in [3.63, 3.8) is 0 Å². The van der Waals surface area contributed by atoms with Crippen LogP contribution in [0.5, 0.6) is 0 Å². The van der Waals surface area contributed by atoms with Crippen LogP contribution in [0.4, 0.5) is 0 Å². The summed E-state index contributed by atoms with van der Waals surface area (Å²) in [6, 6.07) is 0. The average Bonchev–Trinajstić information content (AvgIpc) is 2.54. The molecule has 0 bridgehead atoms. The number of aryl methyl sites for hydroxylation is 1. The van der Waals surface area contributed by atoms with Gasteiger partial charge in [0.05, 0.1) is 0 Å². The maximum Gasteiger partial charge on any atom is 0.267 e. The quantitative estimate of drug-likeness (QED) is 0.733. The lowest BCUT2D eigenvalue weighted by Crippen LogP contribution is -2.12. The Morgan fingerprint density at radius 3 is 2.93 bits per heavy atom. The molecule has 3 N–H and O–H groups in total. The van der Waals surface area contributed by atoms with E-state index in [1.165, 1.54) is 12.1 Å². The summed E-state index contributed by atoms with van der Waals surface area (Å²) in [5, 5.41) is 2.90. The first-order chi connectivity index (χ1) is 6.83. The van der Waals surface area contributed by atoms with Crippen LogP contribution in [-0.4, -0.2) is 16.3 Å². The molecule has 0 atom stereocenters. The molecule has 0 aliphatic heterocycles. The molecule has 2 rings (SSSR count). The van der Waals surface area contributed by atoms with Crippen LogP contribution in [0.3, 0.4) is 0 Å². The van der Waals surface area contributed by atoms with Gasteiger partial charge in [0.15, 0.2) is 0 Å². The summed E-state index contributed by atoms with van der Waals surface area (Å²) < 4.78 is 1.99. The number of nitrogens with two attached hydrogens (primary N) is 1. The van der Waals surface area contributed by atoms with Crippen LogP contribution < -0.4 is 11.3 Å². The zero-order valence-electron chi connectivity index (χ0n) is 8.38. The molecule has 0 radical (unpaired) electrons. The molecular weight excluding hydrogens is 178 g/mol. The number of H-pyrrole nitrogens is 1. The second-order valence-electron chi connectivity index (χ2n) is 3.87. The van der Waals surface area contributed by atoms with Crippen LogP contribution in [0.25, 0.3) is 0 Å². The lowest BCUT2D eigenvalue weighted by Gasteiger charge is -2.13. The summed E-state index contributed by atoms with van der Waals surface area (Å²) in [6.07, 6.45) is 5.26. The van der Waals surface area contributed by atoms with E-state index in [0.717, 1.165) is 37.8 Å². The van der Waals surface area contributed by atoms with Crippen LogP contribution >= 0.6 is 0 Å². The first-order valence-corrected chi connectivity index (χ1v) is 5.33. The molecule has 78 valence electrons. The van der Waals surface area contributed by atoms with Gasteiger partial charge < -0.3 is 5.73 Å². The minimum absolute atomic E-state index is 0.108. The Morgan fingerprint density at radius 1 is 1.36 bits per heavy atom. The average molecular weight is 195 g/mol. The van der Waals surface area contributed by atoms with Gasteiger partial charge in [-0.2, -0.15) is 0 Å². The zero-order chi connectivity index (χ0) is 9.97. The smallest absolute Gasteiger partial charge is 0.267 e. The fraction of sp³-hybridized carbons (Fsp3) is 0.700. The molecule has 0 amide bonds. The molecule has 14 heavy (non-hydrogen) atoms. The Balaban J connectivity index is 2.27. The molecule has 4 heteroatoms. The largest absolute Gasteiger partial charge is 0.330 e. The molecule has 1 aromatic heterocycles. The van der Waals surface area contributed by atoms with Gasteiger partial charge in [-0.25, -0.2) is 0 Å². The SMILES string of the molecule is NCCCn1[nH]c(=O)c2c1CCCC2. The van der Waals surface area contributed by atoms with Crippen molar-refractivity contribution >= 4 is 0 Å². The van der Waals surface area contributed by atoms with Crippen molar-refractivity contribution in [1.82, 2.24) is 9.78 Å². The highest BCUT2D eigenvalue weighted by Crippen LogP contribution is 2.17. The van der Waals surface area contributed by atoms with Gasteiger partial charge in [0.1, 0.15) is 0 Å². The van der Waals surface area contributed by atoms with E-state index in [2.05, 4.69) is 5.10 Å². The molecule has 1 heterocycles. The first-order valence-electron chi connectivity index (χ1n) is 5.33. The van der Waals surface area contributed by atoms with Gasteiger partial charge in [-0.05, 0) is 38.6 Å². The van der Waals surface area contributed by atoms with Crippen LogP contribution in [0.1, 0.15) is 30.5 Å². The molecular formula is C10H17N3O. The minimum atomic E-state index is 0.108. The van der Waals surface area contributed by atoms with Crippen LogP contribution in [0, 0.1) is 0 Å². The Morgan fingerprint density at radius 2 is 2.14 bits per heavy atom. The fourth-order valence-corrected chi connectivity index (χ4v) is 2.13. The van der Waals surface area contributed by atoms with E-state index < -0.39 is 0 Å². The van der Waals surface area contributed by atoms with Crippen LogP contribution in [0.15, 0.2) is 4.79 Å². The van der Waals surface area contributed by atoms with Crippen LogP contribution in [-0.2, 0) is 19.4 Å². The number of fused-ring (bicyclic) bond motifs is 1. The van der Waals surface area contributed by atoms with Gasteiger partial charge in [0.25, 0.3) is 5.56 Å². The van der Waals surface area contributed by atoms with Gasteiger partial charge in [-0.1, -0.05) is 0 Å². The maximum atomic E-state index is 11.5. The highest BCUT2D eigenvalue weighted by atomic mass is 16.1. The van der Waals surface area contributed by atoms with Crippen molar-refractivity contribution in [2.45, 2.75) is 38.6 Å². The third kappa shape index (κ3) is 1.62. The van der Waals surface area contributed by atoms with Gasteiger partial charge in [-0.15, -0.1) is 0 Å². The fourth-order valence-electron chi connectivity index (χ4n) is 2.13. The van der Waals surface area contributed by atoms with Crippen molar-refractivity contribution in [2.75, 3.05) is 6.54 Å². The first kappa shape index (κ1) is 9.52. The normalized spacial score (nSPS) is 15.5. The molecule has 0 unspecified atom stereocenters. The number of aromatic amines is 1. The molecule has 1 aliphatic carbocycles. The Hall–Kier alpha value is -1.03. The topological polar surface area (TPSA) is 63.8 Å². The second-order valence-corrected chi connectivity index (χ2v) is 3.87. The maximum absolute atomic E-state index is 11.5. The van der Waals surface area contributed by atoms with E-state index in [0.29, 0.717) is 6.54 Å². The van der Waals surface area contributed by atoms with E-state index >= 15 is 0 Å². The van der Waals surface area contributed by atoms with Crippen LogP contribution in [0.2, 0.25) is 0 Å². The number of aromatic nitrogens is 2. The Labute approximate surface area is 83.1 Å². The second kappa shape index (κ2) is 4.00. The molecule has 1 aromatic rings. The molecule has 0 fully saturated rings. The van der Waals surface area contributed by atoms with Gasteiger partial charge in [0.2, 0.25) is 0 Å². The predicted octanol–water partition coefficient (Wildman–Crippen LogP) is 0.404. The lowest BCUT2D eigenvalue weighted by atomic mass is 9.98. The number of nitrogens with zero attached hydrogens (tertiary/aromatic N) is 1. The summed E-state index contributed by atoms with van der Waals surface area (Å²) in [6.45, 7) is 1.52. The number of rotatable bonds is 3. The monoisotopic (exact) mass is 195 g/mol. The molecule has 0 saturated heterocycles. The van der Waals surface area contributed by atoms with Gasteiger partial charge >= 0.3 is 0 Å². The van der Waals surface area contributed by atoms with Crippen molar-refractivity contribution < 1.29 is 0 Å². The van der Waals surface area contributed by atoms with Crippen molar-refractivity contribution in [1.29, 1.82) is 0 Å². The third-order valence-electron chi connectivity index (χ3n) is 2.86. The summed E-state index contributed by atoms with van der Waals surface area (Å²) in [5.41, 5.74) is 7.79. The van der Waals surface area contributed by atoms with E-state index in [9.17, 15) is 4.79 Å². The van der Waals surface area contributed by atoms with Crippen molar-refractivity contribution in [3.8, 4) is 0 Å². The molecule has 0 aromatic carbocycles. The molecule has 0 saturated carbocycles. The molecule has 1 aliphatic rings. The number of hydrogen-bond donors (Lipinski definition) is 2. The summed E-state index contributed by atoms with van der Waals surface area (Å²) in [7, 11) is 0. The third-order valence-corrected chi connectivity index (χ3v) is 2.86. The molecule has 4 nitrogen and oxygen atoms in total. The van der Waals surface area contributed by atoms with E-state index in [1.54, 1.807) is 0 Å². The summed E-state index contributed by atoms with van der Waals surface area (Å²) in [5.74, 6) is 0. The predicted molar refractivity (Wildman–Crippen MR) is 55.4 cm³/mol. The summed E-state index contributed by atoms with van der Waals surface area (Å²) >= 11 is 0. The number of nitrogens with one attached hydrogen (secondary N) is 1. The molecule has 0 spiro atoms. The standard InChI is InChI=1S/C10H17N3O/c11-6-3-7-13-9-5-2-1-4-8(9)10(14)12-13/h1-7,11H2,(H,12,14). The Bertz CT molecular complexity index is 364. The zero-order valence-corrected chi connectivity index (χ0v) is 8.38. The van der Waals surface area contributed by atoms with Gasteiger partial charge in [-0.3, -0.25) is 14.6 Å². The van der Waals surface area contributed by atoms with Crippen molar-refractivity contribution in [3.05, 3.63) is 21.6 Å². The summed E-state index contributed by atoms with van der Waals surface area (Å²) in [4.78, 5) is 11.5. The highest BCUT2D eigenvalue weighted by Gasteiger charge is 2.17. The van der Waals surface area contributed by atoms with E-state index in [1.807, 2.05) is 4.68 Å². The van der Waals surface area contributed by atoms with E-state index in [4.69, 9.17) is 5.73 Å². The lowest BCUT2D eigenvalue weighted by molar-refractivity contribution is 0.538. The van der Waals surface area contributed by atoms with E-state index in [-0.39, 0.29) is 5.56 Å². The minimum Gasteiger partial charge on any atom is -0.330 e. The Kier molecular flexibility index (Phi) is 2.72. The highest BCUT2D eigenvalue weighted by molar-refractivity contribution is 5.20. The number of hydrogen-bond acceptors (Lipinski definition) is 2. The van der Waals surface area contributed by atoms with Gasteiger partial charge in [0, 0.05) is 17.8 Å².